The van der Waals surface area contributed by atoms with Crippen molar-refractivity contribution in [2.24, 2.45) is 5.92 Å². The minimum atomic E-state index is -4.73. The summed E-state index contributed by atoms with van der Waals surface area (Å²) in [5, 5.41) is 13.9. The van der Waals surface area contributed by atoms with Crippen LogP contribution < -0.4 is 4.74 Å². The molecule has 2 unspecified atom stereocenters. The van der Waals surface area contributed by atoms with Crippen molar-refractivity contribution < 1.29 is 27.5 Å². The molecule has 1 aliphatic carbocycles. The summed E-state index contributed by atoms with van der Waals surface area (Å²) in [6.07, 6.45) is -2.20. The number of hydrogen-bond donors (Lipinski definition) is 1. The number of β-amino-alcohol motifs (C(OH)–C–C–N with tert-alkyl or cyclic N) is 1. The van der Waals surface area contributed by atoms with Crippen LogP contribution in [0.5, 0.6) is 5.75 Å². The van der Waals surface area contributed by atoms with Crippen LogP contribution in [0.2, 0.25) is 0 Å². The first-order chi connectivity index (χ1) is 12.4. The summed E-state index contributed by atoms with van der Waals surface area (Å²) in [6, 6.07) is 5.18. The number of likely N-dealkylation sites (tertiary alicyclic amines) is 1. The topological polar surface area (TPSA) is 71.6 Å². The van der Waals surface area contributed by atoms with E-state index in [0.717, 1.165) is 6.54 Å². The monoisotopic (exact) mass is 369 g/mol. The molecule has 26 heavy (non-hydrogen) atoms. The van der Waals surface area contributed by atoms with Crippen LogP contribution in [0.1, 0.15) is 31.2 Å². The van der Waals surface area contributed by atoms with Crippen molar-refractivity contribution in [2.45, 2.75) is 37.8 Å². The van der Waals surface area contributed by atoms with E-state index in [1.165, 1.54) is 37.1 Å². The molecule has 2 aliphatic rings. The predicted molar refractivity (Wildman–Crippen MR) is 84.1 cm³/mol. The standard InChI is InChI=1S/C17H18F3N3O3/c18-17(19,20)25-13-5-3-11(4-6-13)15-21-16(26-22-15)14-7-12(24)9-23(14)8-10-1-2-10/h3-6,10,12,14,24H,1-2,7-9H2. The van der Waals surface area contributed by atoms with Gasteiger partial charge in [-0.15, -0.1) is 13.2 Å². The number of aliphatic hydroxyl groups is 1. The molecule has 9 heteroatoms. The lowest BCUT2D eigenvalue weighted by molar-refractivity contribution is -0.274. The minimum absolute atomic E-state index is 0.125. The molecule has 6 nitrogen and oxygen atoms in total. The highest BCUT2D eigenvalue weighted by molar-refractivity contribution is 5.55. The highest BCUT2D eigenvalue weighted by Gasteiger charge is 2.38. The molecule has 0 bridgehead atoms. The Hall–Kier alpha value is -2.13. The maximum Gasteiger partial charge on any atom is 0.573 e. The van der Waals surface area contributed by atoms with E-state index in [1.807, 2.05) is 0 Å². The summed E-state index contributed by atoms with van der Waals surface area (Å²) < 4.78 is 45.9. The van der Waals surface area contributed by atoms with Crippen LogP contribution >= 0.6 is 0 Å². The quantitative estimate of drug-likeness (QED) is 0.873. The van der Waals surface area contributed by atoms with Crippen molar-refractivity contribution in [2.75, 3.05) is 13.1 Å². The van der Waals surface area contributed by atoms with Gasteiger partial charge in [0.15, 0.2) is 0 Å². The van der Waals surface area contributed by atoms with Gasteiger partial charge in [0.05, 0.1) is 12.1 Å². The zero-order valence-electron chi connectivity index (χ0n) is 13.8. The lowest BCUT2D eigenvalue weighted by Crippen LogP contribution is -2.27. The average molecular weight is 369 g/mol. The zero-order chi connectivity index (χ0) is 18.3. The minimum Gasteiger partial charge on any atom is -0.406 e. The Labute approximate surface area is 147 Å². The molecule has 1 N–H and O–H groups in total. The first-order valence-corrected chi connectivity index (χ1v) is 8.49. The molecule has 0 radical (unpaired) electrons. The van der Waals surface area contributed by atoms with Gasteiger partial charge in [-0.2, -0.15) is 4.98 Å². The van der Waals surface area contributed by atoms with Crippen molar-refractivity contribution in [3.8, 4) is 17.1 Å². The molecule has 1 saturated heterocycles. The van der Waals surface area contributed by atoms with E-state index in [-0.39, 0.29) is 11.8 Å². The van der Waals surface area contributed by atoms with E-state index in [9.17, 15) is 18.3 Å². The Morgan fingerprint density at radius 1 is 1.23 bits per heavy atom. The number of halogens is 3. The highest BCUT2D eigenvalue weighted by Crippen LogP contribution is 2.37. The molecule has 2 atom stereocenters. The van der Waals surface area contributed by atoms with E-state index >= 15 is 0 Å². The van der Waals surface area contributed by atoms with Crippen molar-refractivity contribution >= 4 is 0 Å². The van der Waals surface area contributed by atoms with Crippen molar-refractivity contribution in [3.05, 3.63) is 30.2 Å². The smallest absolute Gasteiger partial charge is 0.406 e. The fourth-order valence-electron chi connectivity index (χ4n) is 3.26. The maximum atomic E-state index is 12.2. The van der Waals surface area contributed by atoms with E-state index in [0.29, 0.717) is 36.2 Å². The van der Waals surface area contributed by atoms with Crippen LogP contribution in [0, 0.1) is 5.92 Å². The molecule has 2 fully saturated rings. The number of alkyl halides is 3. The second-order valence-electron chi connectivity index (χ2n) is 6.83. The number of ether oxygens (including phenoxy) is 1. The molecule has 2 aromatic rings. The molecular formula is C17H18F3N3O3. The molecular weight excluding hydrogens is 351 g/mol. The van der Waals surface area contributed by atoms with E-state index in [1.54, 1.807) is 0 Å². The van der Waals surface area contributed by atoms with Gasteiger partial charge in [0.25, 0.3) is 0 Å². The highest BCUT2D eigenvalue weighted by atomic mass is 19.4. The second kappa shape index (κ2) is 6.55. The Morgan fingerprint density at radius 3 is 2.62 bits per heavy atom. The summed E-state index contributed by atoms with van der Waals surface area (Å²) in [4.78, 5) is 6.55. The molecule has 1 saturated carbocycles. The number of hydrogen-bond acceptors (Lipinski definition) is 6. The third-order valence-corrected chi connectivity index (χ3v) is 4.64. The van der Waals surface area contributed by atoms with Crippen molar-refractivity contribution in [3.63, 3.8) is 0 Å². The number of rotatable bonds is 5. The van der Waals surface area contributed by atoms with Gasteiger partial charge in [-0.25, -0.2) is 0 Å². The van der Waals surface area contributed by atoms with Gasteiger partial charge in [-0.1, -0.05) is 5.16 Å². The van der Waals surface area contributed by atoms with Crippen LogP contribution in [-0.2, 0) is 0 Å². The molecule has 140 valence electrons. The summed E-state index contributed by atoms with van der Waals surface area (Å²) >= 11 is 0. The lowest BCUT2D eigenvalue weighted by atomic mass is 10.2. The van der Waals surface area contributed by atoms with Crippen molar-refractivity contribution in [1.29, 1.82) is 0 Å². The molecule has 1 aromatic heterocycles. The largest absolute Gasteiger partial charge is 0.573 e. The third kappa shape index (κ3) is 3.99. The first-order valence-electron chi connectivity index (χ1n) is 8.49. The summed E-state index contributed by atoms with van der Waals surface area (Å²) in [5.41, 5.74) is 0.529. The van der Waals surface area contributed by atoms with Crippen LogP contribution in [-0.4, -0.2) is 45.7 Å². The van der Waals surface area contributed by atoms with Crippen LogP contribution in [0.15, 0.2) is 28.8 Å². The van der Waals surface area contributed by atoms with Gasteiger partial charge >= 0.3 is 6.36 Å². The van der Waals surface area contributed by atoms with E-state index in [4.69, 9.17) is 4.52 Å². The van der Waals surface area contributed by atoms with Gasteiger partial charge < -0.3 is 14.4 Å². The molecule has 0 amide bonds. The van der Waals surface area contributed by atoms with Crippen LogP contribution in [0.3, 0.4) is 0 Å². The van der Waals surface area contributed by atoms with Crippen LogP contribution in [0.4, 0.5) is 13.2 Å². The van der Waals surface area contributed by atoms with Gasteiger partial charge in [0.2, 0.25) is 11.7 Å². The fourth-order valence-corrected chi connectivity index (χ4v) is 3.26. The number of nitrogens with zero attached hydrogens (tertiary/aromatic N) is 3. The Bertz CT molecular complexity index is 759. The number of aliphatic hydroxyl groups excluding tert-OH is 1. The fraction of sp³-hybridized carbons (Fsp3) is 0.529. The zero-order valence-corrected chi connectivity index (χ0v) is 13.8. The molecule has 0 spiro atoms. The SMILES string of the molecule is OC1CC(c2nc(-c3ccc(OC(F)(F)F)cc3)no2)N(CC2CC2)C1. The third-order valence-electron chi connectivity index (χ3n) is 4.64. The maximum absolute atomic E-state index is 12.2. The van der Waals surface area contributed by atoms with Gasteiger partial charge in [-0.3, -0.25) is 4.90 Å². The van der Waals surface area contributed by atoms with E-state index in [2.05, 4.69) is 19.8 Å². The Kier molecular flexibility index (Phi) is 4.36. The van der Waals surface area contributed by atoms with Gasteiger partial charge in [-0.05, 0) is 49.4 Å². The summed E-state index contributed by atoms with van der Waals surface area (Å²) in [6.45, 7) is 1.49. The first kappa shape index (κ1) is 17.3. The number of benzene rings is 1. The van der Waals surface area contributed by atoms with Crippen LogP contribution in [0.25, 0.3) is 11.4 Å². The molecule has 2 heterocycles. The Balaban J connectivity index is 1.48. The predicted octanol–water partition coefficient (Wildman–Crippen LogP) is 3.15. The number of aromatic nitrogens is 2. The molecule has 1 aromatic carbocycles. The van der Waals surface area contributed by atoms with Gasteiger partial charge in [0.1, 0.15) is 5.75 Å². The summed E-state index contributed by atoms with van der Waals surface area (Å²) in [5.74, 6) is 1.09. The second-order valence-corrected chi connectivity index (χ2v) is 6.83. The lowest BCUT2D eigenvalue weighted by Gasteiger charge is -2.20. The molecule has 1 aliphatic heterocycles. The van der Waals surface area contributed by atoms with E-state index < -0.39 is 12.5 Å². The molecule has 4 rings (SSSR count). The van der Waals surface area contributed by atoms with Gasteiger partial charge in [0, 0.05) is 18.7 Å². The summed E-state index contributed by atoms with van der Waals surface area (Å²) in [7, 11) is 0. The normalized spacial score (nSPS) is 24.2. The average Bonchev–Trinajstić information content (AvgIpc) is 3.11. The van der Waals surface area contributed by atoms with Crippen molar-refractivity contribution in [1.82, 2.24) is 15.0 Å². The Morgan fingerprint density at radius 2 is 1.96 bits per heavy atom.